The first-order chi connectivity index (χ1) is 14.0. The van der Waals surface area contributed by atoms with Crippen molar-refractivity contribution in [1.29, 1.82) is 0 Å². The molecular formula is C21H23O7P. The van der Waals surface area contributed by atoms with E-state index in [9.17, 15) is 14.5 Å². The van der Waals surface area contributed by atoms with E-state index in [0.29, 0.717) is 29.4 Å². The molecule has 1 aromatic heterocycles. The van der Waals surface area contributed by atoms with Crippen LogP contribution in [0.1, 0.15) is 26.7 Å². The van der Waals surface area contributed by atoms with E-state index in [4.69, 9.17) is 18.0 Å². The van der Waals surface area contributed by atoms with Crippen LogP contribution in [-0.4, -0.2) is 18.3 Å². The SMILES string of the molecule is CCCOP(=O)(OCCC)Oc1ccc2c(=O)c(-c3ccc(O)cc3)coc2c1. The molecule has 2 aromatic carbocycles. The van der Waals surface area contributed by atoms with Crippen LogP contribution in [0.15, 0.2) is 57.9 Å². The largest absolute Gasteiger partial charge is 0.530 e. The van der Waals surface area contributed by atoms with Gasteiger partial charge >= 0.3 is 7.82 Å². The van der Waals surface area contributed by atoms with E-state index in [1.807, 2.05) is 13.8 Å². The summed E-state index contributed by atoms with van der Waals surface area (Å²) in [6.07, 6.45) is 2.67. The first-order valence-electron chi connectivity index (χ1n) is 9.39. The summed E-state index contributed by atoms with van der Waals surface area (Å²) in [5.74, 6) is 0.328. The lowest BCUT2D eigenvalue weighted by Crippen LogP contribution is -2.06. The summed E-state index contributed by atoms with van der Waals surface area (Å²) in [6, 6.07) is 10.8. The molecule has 0 unspecified atom stereocenters. The van der Waals surface area contributed by atoms with Gasteiger partial charge in [-0.05, 0) is 42.7 Å². The fourth-order valence-electron chi connectivity index (χ4n) is 2.63. The molecule has 154 valence electrons. The first-order valence-corrected chi connectivity index (χ1v) is 10.9. The number of phosphoric acid groups is 1. The molecule has 0 radical (unpaired) electrons. The number of benzene rings is 2. The third kappa shape index (κ3) is 5.07. The molecule has 7 nitrogen and oxygen atoms in total. The zero-order valence-corrected chi connectivity index (χ0v) is 17.2. The standard InChI is InChI=1S/C21H23O7P/c1-3-11-26-29(24,27-12-4-2)28-17-9-10-18-20(13-17)25-14-19(21(18)23)15-5-7-16(22)8-6-15/h5-10,13-14,22H,3-4,11-12H2,1-2H3. The number of hydrogen-bond acceptors (Lipinski definition) is 7. The third-order valence-corrected chi connectivity index (χ3v) is 5.48. The highest BCUT2D eigenvalue weighted by Crippen LogP contribution is 2.50. The van der Waals surface area contributed by atoms with Crippen LogP contribution in [0.5, 0.6) is 11.5 Å². The zero-order chi connectivity index (χ0) is 20.9. The number of phenols is 1. The minimum atomic E-state index is -3.77. The molecule has 0 aliphatic carbocycles. The Kier molecular flexibility index (Phi) is 6.75. The lowest BCUT2D eigenvalue weighted by molar-refractivity contribution is 0.155. The maximum absolute atomic E-state index is 12.8. The fraction of sp³-hybridized carbons (Fsp3) is 0.286. The lowest BCUT2D eigenvalue weighted by Gasteiger charge is -2.18. The number of phenolic OH excluding ortho intramolecular Hbond substituents is 1. The van der Waals surface area contributed by atoms with E-state index in [1.165, 1.54) is 30.5 Å². The molecule has 0 aliphatic heterocycles. The van der Waals surface area contributed by atoms with Crippen molar-refractivity contribution in [2.75, 3.05) is 13.2 Å². The predicted octanol–water partition coefficient (Wildman–Crippen LogP) is 5.51. The topological polar surface area (TPSA) is 95.2 Å². The highest BCUT2D eigenvalue weighted by molar-refractivity contribution is 7.48. The Morgan fingerprint density at radius 3 is 2.28 bits per heavy atom. The van der Waals surface area contributed by atoms with Gasteiger partial charge in [-0.15, -0.1) is 0 Å². The van der Waals surface area contributed by atoms with E-state index in [-0.39, 0.29) is 35.7 Å². The van der Waals surface area contributed by atoms with Crippen LogP contribution < -0.4 is 9.95 Å². The van der Waals surface area contributed by atoms with E-state index >= 15 is 0 Å². The molecule has 0 amide bonds. The number of rotatable bonds is 9. The first kappa shape index (κ1) is 21.1. The average molecular weight is 418 g/mol. The van der Waals surface area contributed by atoms with E-state index < -0.39 is 7.82 Å². The normalized spacial score (nSPS) is 11.7. The second kappa shape index (κ2) is 9.27. The van der Waals surface area contributed by atoms with Crippen LogP contribution >= 0.6 is 7.82 Å². The lowest BCUT2D eigenvalue weighted by atomic mass is 10.1. The van der Waals surface area contributed by atoms with Crippen molar-refractivity contribution < 1.29 is 27.7 Å². The van der Waals surface area contributed by atoms with E-state index in [0.717, 1.165) is 0 Å². The summed E-state index contributed by atoms with van der Waals surface area (Å²) in [5.41, 5.74) is 1.06. The number of hydrogen-bond donors (Lipinski definition) is 1. The van der Waals surface area contributed by atoms with Gasteiger partial charge in [0.05, 0.1) is 24.2 Å². The monoisotopic (exact) mass is 418 g/mol. The Hall–Kier alpha value is -2.60. The van der Waals surface area contributed by atoms with Gasteiger partial charge in [-0.2, -0.15) is 0 Å². The van der Waals surface area contributed by atoms with Gasteiger partial charge < -0.3 is 14.0 Å². The molecular weight excluding hydrogens is 395 g/mol. The Balaban J connectivity index is 1.92. The molecule has 0 bridgehead atoms. The average Bonchev–Trinajstić information content (AvgIpc) is 2.72. The van der Waals surface area contributed by atoms with Crippen LogP contribution in [-0.2, 0) is 13.6 Å². The van der Waals surface area contributed by atoms with Crippen LogP contribution in [0.2, 0.25) is 0 Å². The maximum atomic E-state index is 12.8. The second-order valence-electron chi connectivity index (χ2n) is 6.39. The summed E-state index contributed by atoms with van der Waals surface area (Å²) >= 11 is 0. The fourth-order valence-corrected chi connectivity index (χ4v) is 3.99. The molecule has 3 rings (SSSR count). The molecule has 1 heterocycles. The van der Waals surface area contributed by atoms with Gasteiger partial charge in [0.1, 0.15) is 23.3 Å². The molecule has 0 fully saturated rings. The number of phosphoric ester groups is 1. The summed E-state index contributed by atoms with van der Waals surface area (Å²) in [6.45, 7) is 4.25. The van der Waals surface area contributed by atoms with Crippen LogP contribution in [0.4, 0.5) is 0 Å². The number of fused-ring (bicyclic) bond motifs is 1. The van der Waals surface area contributed by atoms with Crippen molar-refractivity contribution in [3.8, 4) is 22.6 Å². The Bertz CT molecular complexity index is 1060. The van der Waals surface area contributed by atoms with Gasteiger partial charge in [0.25, 0.3) is 0 Å². The number of aromatic hydroxyl groups is 1. The molecule has 0 saturated heterocycles. The summed E-state index contributed by atoms with van der Waals surface area (Å²) < 4.78 is 34.5. The summed E-state index contributed by atoms with van der Waals surface area (Å²) in [5, 5.41) is 9.77. The molecule has 8 heteroatoms. The van der Waals surface area contributed by atoms with Crippen molar-refractivity contribution in [1.82, 2.24) is 0 Å². The van der Waals surface area contributed by atoms with Crippen molar-refractivity contribution in [2.24, 2.45) is 0 Å². The van der Waals surface area contributed by atoms with Crippen LogP contribution in [0.25, 0.3) is 22.1 Å². The molecule has 0 spiro atoms. The highest BCUT2D eigenvalue weighted by atomic mass is 31.2. The van der Waals surface area contributed by atoms with Crippen LogP contribution in [0.3, 0.4) is 0 Å². The second-order valence-corrected chi connectivity index (χ2v) is 7.98. The minimum Gasteiger partial charge on any atom is -0.508 e. The quantitative estimate of drug-likeness (QED) is 0.458. The van der Waals surface area contributed by atoms with Gasteiger partial charge in [-0.3, -0.25) is 13.8 Å². The zero-order valence-electron chi connectivity index (χ0n) is 16.3. The van der Waals surface area contributed by atoms with Gasteiger partial charge in [0, 0.05) is 6.07 Å². The Morgan fingerprint density at radius 2 is 1.66 bits per heavy atom. The third-order valence-electron chi connectivity index (χ3n) is 4.05. The summed E-state index contributed by atoms with van der Waals surface area (Å²) in [4.78, 5) is 12.8. The van der Waals surface area contributed by atoms with E-state index in [1.54, 1.807) is 18.2 Å². The molecule has 3 aromatic rings. The van der Waals surface area contributed by atoms with Gasteiger partial charge in [-0.1, -0.05) is 26.0 Å². The molecule has 0 aliphatic rings. The van der Waals surface area contributed by atoms with Crippen molar-refractivity contribution in [3.63, 3.8) is 0 Å². The van der Waals surface area contributed by atoms with Gasteiger partial charge in [-0.25, -0.2) is 4.57 Å². The highest BCUT2D eigenvalue weighted by Gasteiger charge is 2.28. The molecule has 29 heavy (non-hydrogen) atoms. The van der Waals surface area contributed by atoms with Gasteiger partial charge in [0.15, 0.2) is 5.43 Å². The Labute approximate surface area is 168 Å². The van der Waals surface area contributed by atoms with E-state index in [2.05, 4.69) is 0 Å². The summed E-state index contributed by atoms with van der Waals surface area (Å²) in [7, 11) is -3.77. The maximum Gasteiger partial charge on any atom is 0.530 e. The Morgan fingerprint density at radius 1 is 1.00 bits per heavy atom. The van der Waals surface area contributed by atoms with Crippen molar-refractivity contribution in [2.45, 2.75) is 26.7 Å². The molecule has 0 saturated carbocycles. The molecule has 1 N–H and O–H groups in total. The van der Waals surface area contributed by atoms with Crippen LogP contribution in [0, 0.1) is 0 Å². The van der Waals surface area contributed by atoms with Crippen molar-refractivity contribution in [3.05, 3.63) is 59.0 Å². The smallest absolute Gasteiger partial charge is 0.508 e. The van der Waals surface area contributed by atoms with Gasteiger partial charge in [0.2, 0.25) is 0 Å². The molecule has 0 atom stereocenters. The minimum absolute atomic E-state index is 0.112. The van der Waals surface area contributed by atoms with Crippen molar-refractivity contribution >= 4 is 18.8 Å². The predicted molar refractivity (Wildman–Crippen MR) is 110 cm³/mol.